The molecule has 2 fully saturated rings. The number of hydrogen-bond acceptors (Lipinski definition) is 5. The minimum atomic E-state index is -0.401. The van der Waals surface area contributed by atoms with Gasteiger partial charge in [-0.05, 0) is 31.2 Å². The molecule has 32 heavy (non-hydrogen) atoms. The van der Waals surface area contributed by atoms with Gasteiger partial charge in [-0.15, -0.1) is 11.8 Å². The van der Waals surface area contributed by atoms with Crippen LogP contribution in [0.5, 0.6) is 5.75 Å². The van der Waals surface area contributed by atoms with Crippen molar-refractivity contribution in [1.82, 2.24) is 14.7 Å². The number of para-hydroxylation sites is 1. The molecule has 0 bridgehead atoms. The molecule has 0 N–H and O–H groups in total. The first-order valence-electron chi connectivity index (χ1n) is 10.8. The minimum absolute atomic E-state index is 0.0653. The summed E-state index contributed by atoms with van der Waals surface area (Å²) in [6, 6.07) is 13.7. The molecule has 0 aromatic heterocycles. The van der Waals surface area contributed by atoms with Crippen molar-refractivity contribution >= 4 is 23.6 Å². The minimum Gasteiger partial charge on any atom is -0.496 e. The van der Waals surface area contributed by atoms with Crippen LogP contribution in [-0.4, -0.2) is 78.1 Å². The van der Waals surface area contributed by atoms with Crippen LogP contribution < -0.4 is 4.74 Å². The van der Waals surface area contributed by atoms with Crippen molar-refractivity contribution in [2.45, 2.75) is 17.5 Å². The molecular weight excluding hydrogens is 429 g/mol. The normalized spacial score (nSPS) is 21.8. The van der Waals surface area contributed by atoms with Crippen LogP contribution in [0.15, 0.2) is 48.5 Å². The van der Waals surface area contributed by atoms with E-state index in [9.17, 15) is 14.0 Å². The third-order valence-electron chi connectivity index (χ3n) is 6.04. The predicted molar refractivity (Wildman–Crippen MR) is 123 cm³/mol. The van der Waals surface area contributed by atoms with Gasteiger partial charge in [0.25, 0.3) is 5.91 Å². The van der Waals surface area contributed by atoms with E-state index in [2.05, 4.69) is 4.90 Å². The zero-order valence-corrected chi connectivity index (χ0v) is 19.2. The van der Waals surface area contributed by atoms with Crippen molar-refractivity contribution in [3.8, 4) is 5.75 Å². The maximum atomic E-state index is 13.4. The van der Waals surface area contributed by atoms with Gasteiger partial charge in [-0.25, -0.2) is 4.39 Å². The zero-order valence-electron chi connectivity index (χ0n) is 18.4. The molecule has 0 aliphatic carbocycles. The second-order valence-corrected chi connectivity index (χ2v) is 9.47. The lowest BCUT2D eigenvalue weighted by molar-refractivity contribution is -0.130. The summed E-state index contributed by atoms with van der Waals surface area (Å²) in [7, 11) is 1.65. The van der Waals surface area contributed by atoms with E-state index < -0.39 is 5.82 Å². The highest BCUT2D eigenvalue weighted by atomic mass is 32.2. The molecule has 0 spiro atoms. The highest BCUT2D eigenvalue weighted by Gasteiger charge is 2.39. The molecule has 4 rings (SSSR count). The van der Waals surface area contributed by atoms with Crippen molar-refractivity contribution in [3.05, 3.63) is 65.5 Å². The molecule has 2 amide bonds. The van der Waals surface area contributed by atoms with E-state index in [-0.39, 0.29) is 22.4 Å². The van der Waals surface area contributed by atoms with Gasteiger partial charge >= 0.3 is 0 Å². The molecule has 2 aromatic carbocycles. The van der Waals surface area contributed by atoms with E-state index in [1.165, 1.54) is 12.1 Å². The summed E-state index contributed by atoms with van der Waals surface area (Å²) in [4.78, 5) is 31.5. The molecule has 0 radical (unpaired) electrons. The van der Waals surface area contributed by atoms with E-state index in [0.29, 0.717) is 25.2 Å². The maximum absolute atomic E-state index is 13.4. The first-order chi connectivity index (χ1) is 15.5. The molecule has 170 valence electrons. The first-order valence-corrected chi connectivity index (χ1v) is 11.8. The van der Waals surface area contributed by atoms with Crippen LogP contribution in [0.4, 0.5) is 4.39 Å². The Hall–Kier alpha value is -2.58. The standard InChI is InChI=1S/C24H28FN3O3S/c1-17-22(29)28(24(32-17)20-8-3-4-9-21(20)31-2)15-12-26-10-13-27(14-11-26)23(30)18-6-5-7-19(25)16-18/h3-9,16-17,24H,10-15H2,1-2H3. The third kappa shape index (κ3) is 4.76. The molecule has 0 saturated carbocycles. The van der Waals surface area contributed by atoms with Gasteiger partial charge in [0.1, 0.15) is 16.9 Å². The number of thioether (sulfide) groups is 1. The second-order valence-electron chi connectivity index (χ2n) is 8.05. The lowest BCUT2D eigenvalue weighted by Crippen LogP contribution is -2.50. The Labute approximate surface area is 192 Å². The van der Waals surface area contributed by atoms with Gasteiger partial charge in [0.15, 0.2) is 0 Å². The highest BCUT2D eigenvalue weighted by Crippen LogP contribution is 2.45. The Balaban J connectivity index is 1.35. The topological polar surface area (TPSA) is 53.1 Å². The van der Waals surface area contributed by atoms with Crippen LogP contribution >= 0.6 is 11.8 Å². The molecule has 2 unspecified atom stereocenters. The van der Waals surface area contributed by atoms with Crippen LogP contribution in [0.2, 0.25) is 0 Å². The number of methoxy groups -OCH3 is 1. The Morgan fingerprint density at radius 3 is 2.56 bits per heavy atom. The third-order valence-corrected chi connectivity index (χ3v) is 7.42. The van der Waals surface area contributed by atoms with Crippen molar-refractivity contribution in [3.63, 3.8) is 0 Å². The van der Waals surface area contributed by atoms with E-state index in [4.69, 9.17) is 4.74 Å². The predicted octanol–water partition coefficient (Wildman–Crippen LogP) is 3.25. The van der Waals surface area contributed by atoms with Gasteiger partial charge in [-0.3, -0.25) is 14.5 Å². The Morgan fingerprint density at radius 2 is 1.84 bits per heavy atom. The SMILES string of the molecule is COc1ccccc1C1SC(C)C(=O)N1CCN1CCN(C(=O)c2cccc(F)c2)CC1. The van der Waals surface area contributed by atoms with Gasteiger partial charge < -0.3 is 14.5 Å². The number of ether oxygens (including phenoxy) is 1. The lowest BCUT2D eigenvalue weighted by Gasteiger charge is -2.36. The van der Waals surface area contributed by atoms with Crippen molar-refractivity contribution in [2.75, 3.05) is 46.4 Å². The van der Waals surface area contributed by atoms with Gasteiger partial charge in [0.2, 0.25) is 5.91 Å². The molecule has 2 saturated heterocycles. The summed E-state index contributed by atoms with van der Waals surface area (Å²) in [6.45, 7) is 5.95. The number of amides is 2. The number of carbonyl (C=O) groups excluding carboxylic acids is 2. The average molecular weight is 458 g/mol. The van der Waals surface area contributed by atoms with E-state index in [1.54, 1.807) is 35.9 Å². The fourth-order valence-electron chi connectivity index (χ4n) is 4.24. The summed E-state index contributed by atoms with van der Waals surface area (Å²) in [5, 5.41) is -0.157. The number of hydrogen-bond donors (Lipinski definition) is 0. The number of rotatable bonds is 6. The van der Waals surface area contributed by atoms with Gasteiger partial charge in [-0.2, -0.15) is 0 Å². The fraction of sp³-hybridized carbons (Fsp3) is 0.417. The summed E-state index contributed by atoms with van der Waals surface area (Å²) in [6.07, 6.45) is 0. The molecule has 2 aromatic rings. The van der Waals surface area contributed by atoms with Crippen LogP contribution in [0.1, 0.15) is 28.2 Å². The van der Waals surface area contributed by atoms with Crippen molar-refractivity contribution in [1.29, 1.82) is 0 Å². The van der Waals surface area contributed by atoms with Crippen LogP contribution in [0.3, 0.4) is 0 Å². The zero-order chi connectivity index (χ0) is 22.7. The van der Waals surface area contributed by atoms with Crippen LogP contribution in [-0.2, 0) is 4.79 Å². The van der Waals surface area contributed by atoms with E-state index in [1.807, 2.05) is 36.1 Å². The molecule has 2 aliphatic rings. The molecule has 2 aliphatic heterocycles. The van der Waals surface area contributed by atoms with Gasteiger partial charge in [0.05, 0.1) is 12.4 Å². The number of carbonyl (C=O) groups is 2. The van der Waals surface area contributed by atoms with Crippen LogP contribution in [0, 0.1) is 5.82 Å². The summed E-state index contributed by atoms with van der Waals surface area (Å²) in [5.74, 6) is 0.397. The van der Waals surface area contributed by atoms with Gasteiger partial charge in [0, 0.05) is 50.4 Å². The lowest BCUT2D eigenvalue weighted by atomic mass is 10.1. The second kappa shape index (κ2) is 9.92. The number of halogens is 1. The van der Waals surface area contributed by atoms with Crippen molar-refractivity contribution in [2.24, 2.45) is 0 Å². The van der Waals surface area contributed by atoms with E-state index >= 15 is 0 Å². The summed E-state index contributed by atoms with van der Waals surface area (Å²) in [5.41, 5.74) is 1.40. The summed E-state index contributed by atoms with van der Waals surface area (Å²) >= 11 is 1.65. The fourth-order valence-corrected chi connectivity index (χ4v) is 5.58. The first kappa shape index (κ1) is 22.6. The molecule has 6 nitrogen and oxygen atoms in total. The van der Waals surface area contributed by atoms with Crippen molar-refractivity contribution < 1.29 is 18.7 Å². The van der Waals surface area contributed by atoms with Gasteiger partial charge in [-0.1, -0.05) is 24.3 Å². The molecule has 2 atom stereocenters. The smallest absolute Gasteiger partial charge is 0.254 e. The molecule has 2 heterocycles. The monoisotopic (exact) mass is 457 g/mol. The molecular formula is C24H28FN3O3S. The summed E-state index contributed by atoms with van der Waals surface area (Å²) < 4.78 is 19.0. The van der Waals surface area contributed by atoms with E-state index in [0.717, 1.165) is 30.9 Å². The largest absolute Gasteiger partial charge is 0.496 e. The number of nitrogens with zero attached hydrogens (tertiary/aromatic N) is 3. The number of benzene rings is 2. The highest BCUT2D eigenvalue weighted by molar-refractivity contribution is 8.01. The van der Waals surface area contributed by atoms with Crippen LogP contribution in [0.25, 0.3) is 0 Å². The Bertz CT molecular complexity index is 980. The Morgan fingerprint density at radius 1 is 1.09 bits per heavy atom. The Kier molecular flexibility index (Phi) is 7.01. The number of piperazine rings is 1. The average Bonchev–Trinajstić information content (AvgIpc) is 3.10. The quantitative estimate of drug-likeness (QED) is 0.667. The molecule has 8 heteroatoms. The maximum Gasteiger partial charge on any atom is 0.254 e.